The van der Waals surface area contributed by atoms with Gasteiger partial charge in [-0.3, -0.25) is 0 Å². The number of aryl methyl sites for hydroxylation is 2. The minimum absolute atomic E-state index is 0.0240. The van der Waals surface area contributed by atoms with E-state index in [1.54, 1.807) is 43.6 Å². The van der Waals surface area contributed by atoms with E-state index in [0.29, 0.717) is 28.5 Å². The summed E-state index contributed by atoms with van der Waals surface area (Å²) in [6.45, 7) is 3.64. The molecule has 0 bridgehead atoms. The van der Waals surface area contributed by atoms with Gasteiger partial charge in [-0.05, 0) is 49.2 Å². The number of fused-ring (bicyclic) bond motifs is 1. The summed E-state index contributed by atoms with van der Waals surface area (Å²) in [7, 11) is 0. The molecular weight excluding hydrogens is 346 g/mol. The standard InChI is InChI=1S/C20H15N3O4/c1-11-9-13(27-19-15-6-8-26-16(15)5-7-21-19)3-4-14(11)17-12(2)22-10-23-18(17)20(24)25/h3-10H,1-2H3,(H,24,25). The van der Waals surface area contributed by atoms with Crippen LogP contribution in [0.2, 0.25) is 0 Å². The van der Waals surface area contributed by atoms with Crippen LogP contribution in [0.4, 0.5) is 0 Å². The van der Waals surface area contributed by atoms with E-state index < -0.39 is 5.97 Å². The van der Waals surface area contributed by atoms with E-state index in [4.69, 9.17) is 9.15 Å². The molecule has 4 rings (SSSR count). The van der Waals surface area contributed by atoms with Crippen molar-refractivity contribution in [2.24, 2.45) is 0 Å². The first kappa shape index (κ1) is 16.7. The number of pyridine rings is 1. The van der Waals surface area contributed by atoms with Gasteiger partial charge in [0.2, 0.25) is 5.88 Å². The van der Waals surface area contributed by atoms with Gasteiger partial charge in [-0.1, -0.05) is 6.07 Å². The Balaban J connectivity index is 1.74. The Morgan fingerprint density at radius 2 is 1.96 bits per heavy atom. The number of carboxylic acid groups (broad SMARTS) is 1. The van der Waals surface area contributed by atoms with Crippen LogP contribution in [-0.2, 0) is 0 Å². The van der Waals surface area contributed by atoms with Crippen molar-refractivity contribution in [3.05, 3.63) is 66.1 Å². The molecule has 0 unspecified atom stereocenters. The fourth-order valence-electron chi connectivity index (χ4n) is 3.00. The van der Waals surface area contributed by atoms with Crippen LogP contribution in [0, 0.1) is 13.8 Å². The highest BCUT2D eigenvalue weighted by atomic mass is 16.5. The molecule has 4 aromatic rings. The summed E-state index contributed by atoms with van der Waals surface area (Å²) in [5.41, 5.74) is 3.35. The van der Waals surface area contributed by atoms with Gasteiger partial charge in [-0.15, -0.1) is 0 Å². The van der Waals surface area contributed by atoms with Crippen LogP contribution in [0.5, 0.6) is 11.6 Å². The van der Waals surface area contributed by atoms with E-state index in [0.717, 1.165) is 16.5 Å². The van der Waals surface area contributed by atoms with Crippen molar-refractivity contribution in [2.75, 3.05) is 0 Å². The average molecular weight is 361 g/mol. The topological polar surface area (TPSA) is 98.3 Å². The molecule has 0 saturated carbocycles. The Bertz CT molecular complexity index is 1170. The van der Waals surface area contributed by atoms with Crippen LogP contribution in [0.15, 0.2) is 53.5 Å². The van der Waals surface area contributed by atoms with E-state index in [2.05, 4.69) is 15.0 Å². The zero-order valence-corrected chi connectivity index (χ0v) is 14.6. The van der Waals surface area contributed by atoms with Gasteiger partial charge in [-0.25, -0.2) is 19.7 Å². The molecule has 27 heavy (non-hydrogen) atoms. The molecule has 0 fully saturated rings. The molecule has 7 heteroatoms. The third kappa shape index (κ3) is 2.99. The van der Waals surface area contributed by atoms with Crippen LogP contribution in [0.3, 0.4) is 0 Å². The van der Waals surface area contributed by atoms with Crippen molar-refractivity contribution in [3.63, 3.8) is 0 Å². The number of nitrogens with zero attached hydrogens (tertiary/aromatic N) is 3. The molecular formula is C20H15N3O4. The van der Waals surface area contributed by atoms with E-state index >= 15 is 0 Å². The third-order valence-corrected chi connectivity index (χ3v) is 4.26. The maximum Gasteiger partial charge on any atom is 0.355 e. The molecule has 1 aromatic carbocycles. The Labute approximate surface area is 154 Å². The largest absolute Gasteiger partial charge is 0.476 e. The van der Waals surface area contributed by atoms with Crippen LogP contribution >= 0.6 is 0 Å². The maximum atomic E-state index is 11.5. The Kier molecular flexibility index (Phi) is 4.04. The minimum atomic E-state index is -1.09. The summed E-state index contributed by atoms with van der Waals surface area (Å²) >= 11 is 0. The molecule has 3 aromatic heterocycles. The first-order chi connectivity index (χ1) is 13.0. The lowest BCUT2D eigenvalue weighted by atomic mass is 9.97. The lowest BCUT2D eigenvalue weighted by Crippen LogP contribution is -2.06. The van der Waals surface area contributed by atoms with E-state index in [1.165, 1.54) is 6.33 Å². The first-order valence-corrected chi connectivity index (χ1v) is 8.20. The smallest absolute Gasteiger partial charge is 0.355 e. The monoisotopic (exact) mass is 361 g/mol. The van der Waals surface area contributed by atoms with Gasteiger partial charge >= 0.3 is 5.97 Å². The molecule has 0 atom stereocenters. The van der Waals surface area contributed by atoms with Crippen LogP contribution in [0.1, 0.15) is 21.7 Å². The SMILES string of the molecule is Cc1cc(Oc2nccc3occc23)ccc1-c1c(C)ncnc1C(=O)O. The number of ether oxygens (including phenoxy) is 1. The second kappa shape index (κ2) is 6.53. The number of carboxylic acids is 1. The van der Waals surface area contributed by atoms with Crippen LogP contribution in [0.25, 0.3) is 22.1 Å². The molecule has 7 nitrogen and oxygen atoms in total. The zero-order chi connectivity index (χ0) is 19.0. The van der Waals surface area contributed by atoms with Gasteiger partial charge in [0, 0.05) is 17.5 Å². The van der Waals surface area contributed by atoms with Gasteiger partial charge in [0.1, 0.15) is 17.7 Å². The van der Waals surface area contributed by atoms with Crippen LogP contribution in [-0.4, -0.2) is 26.0 Å². The first-order valence-electron chi connectivity index (χ1n) is 8.20. The minimum Gasteiger partial charge on any atom is -0.476 e. The normalized spacial score (nSPS) is 10.9. The predicted octanol–water partition coefficient (Wildman–Crippen LogP) is 4.39. The lowest BCUT2D eigenvalue weighted by Gasteiger charge is -2.13. The Hall–Kier alpha value is -3.74. The molecule has 1 N–H and O–H groups in total. The summed E-state index contributed by atoms with van der Waals surface area (Å²) in [6.07, 6.45) is 4.46. The number of carbonyl (C=O) groups is 1. The number of hydrogen-bond acceptors (Lipinski definition) is 6. The summed E-state index contributed by atoms with van der Waals surface area (Å²) < 4.78 is 11.3. The Morgan fingerprint density at radius 3 is 2.74 bits per heavy atom. The van der Waals surface area contributed by atoms with E-state index in [-0.39, 0.29) is 5.69 Å². The molecule has 134 valence electrons. The van der Waals surface area contributed by atoms with Gasteiger partial charge in [0.25, 0.3) is 0 Å². The van der Waals surface area contributed by atoms with Crippen molar-refractivity contribution < 1.29 is 19.1 Å². The third-order valence-electron chi connectivity index (χ3n) is 4.26. The quantitative estimate of drug-likeness (QED) is 0.575. The van der Waals surface area contributed by atoms with Crippen molar-refractivity contribution >= 4 is 16.9 Å². The zero-order valence-electron chi connectivity index (χ0n) is 14.6. The second-order valence-corrected chi connectivity index (χ2v) is 6.02. The average Bonchev–Trinajstić information content (AvgIpc) is 3.12. The highest BCUT2D eigenvalue weighted by Crippen LogP contribution is 2.33. The number of aromatic nitrogens is 3. The Morgan fingerprint density at radius 1 is 1.11 bits per heavy atom. The second-order valence-electron chi connectivity index (χ2n) is 6.02. The number of rotatable bonds is 4. The maximum absolute atomic E-state index is 11.5. The summed E-state index contributed by atoms with van der Waals surface area (Å²) in [6, 6.07) is 8.96. The number of furan rings is 1. The molecule has 0 amide bonds. The van der Waals surface area contributed by atoms with E-state index in [9.17, 15) is 9.90 Å². The molecule has 3 heterocycles. The van der Waals surface area contributed by atoms with E-state index in [1.807, 2.05) is 13.0 Å². The summed E-state index contributed by atoms with van der Waals surface area (Å²) in [5.74, 6) is -0.0614. The lowest BCUT2D eigenvalue weighted by molar-refractivity contribution is 0.0691. The van der Waals surface area contributed by atoms with Crippen molar-refractivity contribution in [3.8, 4) is 22.8 Å². The van der Waals surface area contributed by atoms with Crippen molar-refractivity contribution in [1.82, 2.24) is 15.0 Å². The van der Waals surface area contributed by atoms with Gasteiger partial charge in [0.15, 0.2) is 5.69 Å². The highest BCUT2D eigenvalue weighted by Gasteiger charge is 2.18. The van der Waals surface area contributed by atoms with Gasteiger partial charge in [0.05, 0.1) is 11.6 Å². The molecule has 0 spiro atoms. The summed E-state index contributed by atoms with van der Waals surface area (Å²) in [4.78, 5) is 23.8. The van der Waals surface area contributed by atoms with Crippen molar-refractivity contribution in [1.29, 1.82) is 0 Å². The molecule has 0 saturated heterocycles. The van der Waals surface area contributed by atoms with Gasteiger partial charge in [-0.2, -0.15) is 0 Å². The number of hydrogen-bond donors (Lipinski definition) is 1. The predicted molar refractivity (Wildman–Crippen MR) is 98.0 cm³/mol. The van der Waals surface area contributed by atoms with Crippen LogP contribution < -0.4 is 4.74 Å². The summed E-state index contributed by atoms with van der Waals surface area (Å²) in [5, 5.41) is 10.2. The molecule has 0 radical (unpaired) electrons. The molecule has 0 aliphatic carbocycles. The fourth-order valence-corrected chi connectivity index (χ4v) is 3.00. The number of benzene rings is 1. The molecule has 0 aliphatic heterocycles. The highest BCUT2D eigenvalue weighted by molar-refractivity contribution is 5.95. The number of aromatic carboxylic acids is 1. The fraction of sp³-hybridized carbons (Fsp3) is 0.100. The van der Waals surface area contributed by atoms with Crippen molar-refractivity contribution in [2.45, 2.75) is 13.8 Å². The molecule has 0 aliphatic rings. The van der Waals surface area contributed by atoms with Gasteiger partial charge < -0.3 is 14.3 Å².